The van der Waals surface area contributed by atoms with Gasteiger partial charge in [0, 0.05) is 36.2 Å². The Morgan fingerprint density at radius 2 is 2.11 bits per heavy atom. The Balaban J connectivity index is 2.17. The van der Waals surface area contributed by atoms with Gasteiger partial charge in [0.05, 0.1) is 0 Å². The summed E-state index contributed by atoms with van der Waals surface area (Å²) in [6.45, 7) is 6.41. The molecule has 1 fully saturated rings. The lowest BCUT2D eigenvalue weighted by atomic mass is 9.98. The number of hydrogen-bond acceptors (Lipinski definition) is 3. The highest BCUT2D eigenvalue weighted by Gasteiger charge is 2.28. The lowest BCUT2D eigenvalue weighted by molar-refractivity contribution is 0.181. The van der Waals surface area contributed by atoms with Crippen molar-refractivity contribution in [3.05, 3.63) is 35.6 Å². The highest BCUT2D eigenvalue weighted by molar-refractivity contribution is 8.00. The fraction of sp³-hybridized carbons (Fsp3) is 0.600. The van der Waals surface area contributed by atoms with E-state index in [0.29, 0.717) is 5.25 Å². The molecular formula is C15H23FN2S. The number of thioether (sulfide) groups is 1. The van der Waals surface area contributed by atoms with Crippen LogP contribution in [0.25, 0.3) is 0 Å². The fourth-order valence-corrected chi connectivity index (χ4v) is 3.95. The van der Waals surface area contributed by atoms with Gasteiger partial charge in [-0.1, -0.05) is 19.1 Å². The van der Waals surface area contributed by atoms with Crippen molar-refractivity contribution in [2.24, 2.45) is 5.73 Å². The van der Waals surface area contributed by atoms with Gasteiger partial charge in [-0.05, 0) is 31.0 Å². The molecule has 2 rings (SSSR count). The molecule has 1 aromatic rings. The molecule has 0 aromatic heterocycles. The van der Waals surface area contributed by atoms with Gasteiger partial charge in [-0.25, -0.2) is 4.39 Å². The molecule has 1 aliphatic rings. The van der Waals surface area contributed by atoms with Crippen LogP contribution in [-0.4, -0.2) is 35.0 Å². The molecule has 3 atom stereocenters. The van der Waals surface area contributed by atoms with Crippen molar-refractivity contribution >= 4 is 11.8 Å². The van der Waals surface area contributed by atoms with Crippen LogP contribution in [0.5, 0.6) is 0 Å². The Bertz CT molecular complexity index is 394. The average Bonchev–Trinajstić information content (AvgIpc) is 2.41. The number of benzene rings is 1. The molecule has 0 amide bonds. The molecule has 3 unspecified atom stereocenters. The van der Waals surface area contributed by atoms with E-state index in [2.05, 4.69) is 23.6 Å². The summed E-state index contributed by atoms with van der Waals surface area (Å²) in [7, 11) is 0. The van der Waals surface area contributed by atoms with Crippen LogP contribution in [0, 0.1) is 5.82 Å². The van der Waals surface area contributed by atoms with E-state index in [1.807, 2.05) is 19.1 Å². The maximum absolute atomic E-state index is 13.1. The average molecular weight is 282 g/mol. The lowest BCUT2D eigenvalue weighted by Gasteiger charge is -2.39. The van der Waals surface area contributed by atoms with Crippen LogP contribution in [0.15, 0.2) is 24.3 Å². The highest BCUT2D eigenvalue weighted by Crippen LogP contribution is 2.30. The molecule has 1 aliphatic heterocycles. The number of hydrogen-bond donors (Lipinski definition) is 1. The van der Waals surface area contributed by atoms with Crippen molar-refractivity contribution in [1.29, 1.82) is 0 Å². The first-order chi connectivity index (χ1) is 9.11. The molecule has 0 spiro atoms. The summed E-state index contributed by atoms with van der Waals surface area (Å²) < 4.78 is 13.1. The SMILES string of the molecule is CCC1CN(C(c2ccc(F)cc2)C(C)N)CCS1. The second-order valence-electron chi connectivity index (χ2n) is 5.25. The summed E-state index contributed by atoms with van der Waals surface area (Å²) in [5.41, 5.74) is 7.31. The Labute approximate surface area is 119 Å². The van der Waals surface area contributed by atoms with Gasteiger partial charge < -0.3 is 5.73 Å². The van der Waals surface area contributed by atoms with Gasteiger partial charge >= 0.3 is 0 Å². The van der Waals surface area contributed by atoms with Crippen molar-refractivity contribution in [1.82, 2.24) is 4.90 Å². The van der Waals surface area contributed by atoms with E-state index < -0.39 is 0 Å². The molecule has 106 valence electrons. The third kappa shape index (κ3) is 3.71. The minimum Gasteiger partial charge on any atom is -0.326 e. The standard InChI is InChI=1S/C15H23FN2S/c1-3-14-10-18(8-9-19-14)15(11(2)17)12-4-6-13(16)7-5-12/h4-7,11,14-15H,3,8-10,17H2,1-2H3. The zero-order valence-corrected chi connectivity index (χ0v) is 12.5. The van der Waals surface area contributed by atoms with E-state index in [4.69, 9.17) is 5.73 Å². The van der Waals surface area contributed by atoms with Crippen molar-refractivity contribution in [3.8, 4) is 0 Å². The van der Waals surface area contributed by atoms with E-state index in [1.165, 1.54) is 18.6 Å². The number of halogens is 1. The summed E-state index contributed by atoms with van der Waals surface area (Å²) in [4.78, 5) is 2.46. The molecule has 0 saturated carbocycles. The smallest absolute Gasteiger partial charge is 0.123 e. The summed E-state index contributed by atoms with van der Waals surface area (Å²) in [6.07, 6.45) is 1.19. The molecule has 2 nitrogen and oxygen atoms in total. The second kappa shape index (κ2) is 6.73. The van der Waals surface area contributed by atoms with Crippen molar-refractivity contribution in [2.45, 2.75) is 37.6 Å². The molecule has 1 aromatic carbocycles. The molecule has 19 heavy (non-hydrogen) atoms. The van der Waals surface area contributed by atoms with Crippen LogP contribution in [-0.2, 0) is 0 Å². The lowest BCUT2D eigenvalue weighted by Crippen LogP contribution is -2.46. The van der Waals surface area contributed by atoms with Gasteiger partial charge in [0.1, 0.15) is 5.82 Å². The zero-order valence-electron chi connectivity index (χ0n) is 11.7. The molecule has 2 N–H and O–H groups in total. The summed E-state index contributed by atoms with van der Waals surface area (Å²) in [6, 6.07) is 7.03. The first-order valence-electron chi connectivity index (χ1n) is 6.98. The van der Waals surface area contributed by atoms with Gasteiger partial charge in [0.15, 0.2) is 0 Å². The number of nitrogens with zero attached hydrogens (tertiary/aromatic N) is 1. The van der Waals surface area contributed by atoms with E-state index in [9.17, 15) is 4.39 Å². The summed E-state index contributed by atoms with van der Waals surface area (Å²) >= 11 is 2.05. The van der Waals surface area contributed by atoms with Crippen molar-refractivity contribution in [3.63, 3.8) is 0 Å². The Kier molecular flexibility index (Phi) is 5.25. The van der Waals surface area contributed by atoms with Crippen molar-refractivity contribution in [2.75, 3.05) is 18.8 Å². The first-order valence-corrected chi connectivity index (χ1v) is 8.03. The van der Waals surface area contributed by atoms with E-state index in [1.54, 1.807) is 0 Å². The molecule has 1 heterocycles. The Morgan fingerprint density at radius 3 is 2.68 bits per heavy atom. The van der Waals surface area contributed by atoms with E-state index >= 15 is 0 Å². The topological polar surface area (TPSA) is 29.3 Å². The summed E-state index contributed by atoms with van der Waals surface area (Å²) in [5, 5.41) is 0.690. The monoisotopic (exact) mass is 282 g/mol. The van der Waals surface area contributed by atoms with Crippen LogP contribution < -0.4 is 5.73 Å². The third-order valence-corrected chi connectivity index (χ3v) is 5.10. The zero-order chi connectivity index (χ0) is 13.8. The fourth-order valence-electron chi connectivity index (χ4n) is 2.75. The molecule has 0 aliphatic carbocycles. The van der Waals surface area contributed by atoms with Gasteiger partial charge in [-0.3, -0.25) is 4.90 Å². The molecule has 4 heteroatoms. The minimum atomic E-state index is -0.187. The van der Waals surface area contributed by atoms with Crippen LogP contribution >= 0.6 is 11.8 Å². The molecule has 0 bridgehead atoms. The predicted octanol–water partition coefficient (Wildman–Crippen LogP) is 3.04. The second-order valence-corrected chi connectivity index (χ2v) is 6.66. The molecule has 1 saturated heterocycles. The van der Waals surface area contributed by atoms with Crippen LogP contribution in [0.3, 0.4) is 0 Å². The van der Waals surface area contributed by atoms with Crippen molar-refractivity contribution < 1.29 is 4.39 Å². The van der Waals surface area contributed by atoms with Gasteiger partial charge in [-0.2, -0.15) is 11.8 Å². The van der Waals surface area contributed by atoms with Crippen LogP contribution in [0.4, 0.5) is 4.39 Å². The quantitative estimate of drug-likeness (QED) is 0.920. The Hall–Kier alpha value is -0.580. The Morgan fingerprint density at radius 1 is 1.42 bits per heavy atom. The number of nitrogens with two attached hydrogens (primary N) is 1. The van der Waals surface area contributed by atoms with Gasteiger partial charge in [-0.15, -0.1) is 0 Å². The van der Waals surface area contributed by atoms with Gasteiger partial charge in [0.25, 0.3) is 0 Å². The van der Waals surface area contributed by atoms with Crippen LogP contribution in [0.1, 0.15) is 31.9 Å². The predicted molar refractivity (Wildman–Crippen MR) is 80.9 cm³/mol. The maximum Gasteiger partial charge on any atom is 0.123 e. The van der Waals surface area contributed by atoms with Crippen LogP contribution in [0.2, 0.25) is 0 Å². The normalized spacial score (nSPS) is 24.1. The molecule has 0 radical (unpaired) electrons. The third-order valence-electron chi connectivity index (χ3n) is 3.73. The first kappa shape index (κ1) is 14.8. The minimum absolute atomic E-state index is 0.0473. The van der Waals surface area contributed by atoms with E-state index in [0.717, 1.165) is 24.4 Å². The highest BCUT2D eigenvalue weighted by atomic mass is 32.2. The summed E-state index contributed by atoms with van der Waals surface area (Å²) in [5.74, 6) is 0.968. The largest absolute Gasteiger partial charge is 0.326 e. The van der Waals surface area contributed by atoms with E-state index in [-0.39, 0.29) is 17.9 Å². The molecular weight excluding hydrogens is 259 g/mol. The van der Waals surface area contributed by atoms with Gasteiger partial charge in [0.2, 0.25) is 0 Å². The number of rotatable bonds is 4. The maximum atomic E-state index is 13.1.